The summed E-state index contributed by atoms with van der Waals surface area (Å²) in [5.74, 6) is 1.61. The lowest BCUT2D eigenvalue weighted by atomic mass is 10.0. The fraction of sp³-hybridized carbons (Fsp3) is 0.533. The zero-order valence-electron chi connectivity index (χ0n) is 11.1. The van der Waals surface area contributed by atoms with E-state index in [-0.39, 0.29) is 0 Å². The van der Waals surface area contributed by atoms with Crippen molar-refractivity contribution in [3.8, 4) is 0 Å². The highest BCUT2D eigenvalue weighted by molar-refractivity contribution is 14.1. The molecule has 4 heteroatoms. The zero-order valence-corrected chi connectivity index (χ0v) is 13.3. The van der Waals surface area contributed by atoms with Crippen LogP contribution in [0.15, 0.2) is 18.2 Å². The van der Waals surface area contributed by atoms with E-state index in [1.165, 1.54) is 47.6 Å². The lowest BCUT2D eigenvalue weighted by molar-refractivity contribution is 0.462. The van der Waals surface area contributed by atoms with E-state index in [1.807, 2.05) is 0 Å². The molecular formula is C15H20IN3. The molecule has 2 N–H and O–H groups in total. The summed E-state index contributed by atoms with van der Waals surface area (Å²) in [5, 5.41) is 0. The highest BCUT2D eigenvalue weighted by Gasteiger charge is 2.15. The minimum atomic E-state index is 0.656. The Morgan fingerprint density at radius 2 is 2.11 bits per heavy atom. The van der Waals surface area contributed by atoms with E-state index in [2.05, 4.69) is 50.3 Å². The van der Waals surface area contributed by atoms with Gasteiger partial charge < -0.3 is 10.3 Å². The highest BCUT2D eigenvalue weighted by Crippen LogP contribution is 2.29. The van der Waals surface area contributed by atoms with Crippen LogP contribution < -0.4 is 5.73 Å². The number of hydrogen-bond donors (Lipinski definition) is 1. The minimum Gasteiger partial charge on any atom is -0.369 e. The second-order valence-electron chi connectivity index (χ2n) is 5.55. The van der Waals surface area contributed by atoms with Crippen LogP contribution in [0.5, 0.6) is 0 Å². The third kappa shape index (κ3) is 2.88. The molecule has 0 bridgehead atoms. The maximum atomic E-state index is 6.05. The Morgan fingerprint density at radius 3 is 2.89 bits per heavy atom. The Hall–Kier alpha value is -0.780. The predicted octanol–water partition coefficient (Wildman–Crippen LogP) is 4.19. The molecule has 2 aromatic rings. The second-order valence-corrected chi connectivity index (χ2v) is 6.79. The van der Waals surface area contributed by atoms with E-state index in [9.17, 15) is 0 Å². The topological polar surface area (TPSA) is 43.8 Å². The lowest BCUT2D eigenvalue weighted by Gasteiger charge is -2.10. The van der Waals surface area contributed by atoms with Crippen LogP contribution >= 0.6 is 22.6 Å². The molecule has 0 saturated heterocycles. The number of nitrogens with two attached hydrogens (primary N) is 1. The molecule has 0 amide bonds. The molecule has 1 aliphatic rings. The third-order valence-electron chi connectivity index (χ3n) is 4.21. The number of anilines is 1. The molecule has 0 aliphatic heterocycles. The van der Waals surface area contributed by atoms with Crippen molar-refractivity contribution in [1.29, 1.82) is 0 Å². The van der Waals surface area contributed by atoms with Gasteiger partial charge in [-0.2, -0.15) is 0 Å². The van der Waals surface area contributed by atoms with Gasteiger partial charge in [-0.3, -0.25) is 0 Å². The van der Waals surface area contributed by atoms with Crippen molar-refractivity contribution in [1.82, 2.24) is 9.55 Å². The Bertz CT molecular complexity index is 570. The van der Waals surface area contributed by atoms with Gasteiger partial charge in [0, 0.05) is 10.1 Å². The van der Waals surface area contributed by atoms with Gasteiger partial charge in [-0.15, -0.1) is 0 Å². The van der Waals surface area contributed by atoms with Crippen LogP contribution in [0.25, 0.3) is 11.0 Å². The van der Waals surface area contributed by atoms with Crippen LogP contribution in [0, 0.1) is 9.49 Å². The van der Waals surface area contributed by atoms with Crippen LogP contribution in [0.3, 0.4) is 0 Å². The summed E-state index contributed by atoms with van der Waals surface area (Å²) in [6.07, 6.45) is 8.27. The number of nitrogens with zero attached hydrogens (tertiary/aromatic N) is 2. The first-order valence-electron chi connectivity index (χ1n) is 7.15. The predicted molar refractivity (Wildman–Crippen MR) is 88.1 cm³/mol. The number of aryl methyl sites for hydroxylation is 1. The number of aromatic nitrogens is 2. The Morgan fingerprint density at radius 1 is 1.32 bits per heavy atom. The normalized spacial score (nSPS) is 16.5. The Kier molecular flexibility index (Phi) is 3.96. The van der Waals surface area contributed by atoms with Crippen molar-refractivity contribution in [3.63, 3.8) is 0 Å². The Balaban J connectivity index is 1.71. The molecule has 102 valence electrons. The number of halogens is 1. The van der Waals surface area contributed by atoms with Crippen molar-refractivity contribution in [2.45, 2.75) is 45.1 Å². The third-order valence-corrected chi connectivity index (χ3v) is 4.88. The summed E-state index contributed by atoms with van der Waals surface area (Å²) in [6, 6.07) is 6.35. The van der Waals surface area contributed by atoms with Crippen molar-refractivity contribution in [2.24, 2.45) is 5.92 Å². The molecular weight excluding hydrogens is 349 g/mol. The number of imidazole rings is 1. The van der Waals surface area contributed by atoms with Gasteiger partial charge in [0.1, 0.15) is 0 Å². The first-order valence-corrected chi connectivity index (χ1v) is 8.23. The van der Waals surface area contributed by atoms with E-state index in [0.717, 1.165) is 18.0 Å². The van der Waals surface area contributed by atoms with Crippen molar-refractivity contribution >= 4 is 39.6 Å². The largest absolute Gasteiger partial charge is 0.369 e. The zero-order chi connectivity index (χ0) is 13.2. The van der Waals surface area contributed by atoms with Gasteiger partial charge in [-0.1, -0.05) is 25.7 Å². The van der Waals surface area contributed by atoms with Gasteiger partial charge >= 0.3 is 0 Å². The molecule has 1 aromatic carbocycles. The van der Waals surface area contributed by atoms with Gasteiger partial charge in [-0.05, 0) is 59.5 Å². The monoisotopic (exact) mass is 369 g/mol. The van der Waals surface area contributed by atoms with Crippen LogP contribution in [0.1, 0.15) is 38.5 Å². The first kappa shape index (κ1) is 13.2. The molecule has 3 nitrogen and oxygen atoms in total. The second kappa shape index (κ2) is 5.69. The minimum absolute atomic E-state index is 0.656. The van der Waals surface area contributed by atoms with E-state index >= 15 is 0 Å². The summed E-state index contributed by atoms with van der Waals surface area (Å²) in [4.78, 5) is 4.46. The van der Waals surface area contributed by atoms with Gasteiger partial charge in [-0.25, -0.2) is 4.98 Å². The average Bonchev–Trinajstić information content (AvgIpc) is 2.98. The van der Waals surface area contributed by atoms with Crippen LogP contribution in [-0.2, 0) is 6.54 Å². The number of fused-ring (bicyclic) bond motifs is 1. The maximum absolute atomic E-state index is 6.05. The quantitative estimate of drug-likeness (QED) is 0.822. The molecule has 1 aliphatic carbocycles. The van der Waals surface area contributed by atoms with Crippen LogP contribution in [0.4, 0.5) is 5.95 Å². The number of nitrogen functional groups attached to an aromatic ring is 1. The number of hydrogen-bond acceptors (Lipinski definition) is 2. The molecule has 0 unspecified atom stereocenters. The highest BCUT2D eigenvalue weighted by atomic mass is 127. The molecule has 19 heavy (non-hydrogen) atoms. The molecule has 1 heterocycles. The summed E-state index contributed by atoms with van der Waals surface area (Å²) in [5.41, 5.74) is 8.24. The summed E-state index contributed by atoms with van der Waals surface area (Å²) < 4.78 is 3.38. The summed E-state index contributed by atoms with van der Waals surface area (Å²) in [6.45, 7) is 0.999. The van der Waals surface area contributed by atoms with Gasteiger partial charge in [0.05, 0.1) is 11.0 Å². The van der Waals surface area contributed by atoms with E-state index in [4.69, 9.17) is 5.73 Å². The van der Waals surface area contributed by atoms with Gasteiger partial charge in [0.2, 0.25) is 5.95 Å². The number of benzene rings is 1. The van der Waals surface area contributed by atoms with E-state index in [1.54, 1.807) is 0 Å². The Labute approximate surface area is 127 Å². The SMILES string of the molecule is Nc1nc2cc(I)ccc2n1CCCC1CCCC1. The molecule has 0 atom stereocenters. The molecule has 0 spiro atoms. The molecule has 1 fully saturated rings. The van der Waals surface area contributed by atoms with Crippen molar-refractivity contribution in [2.75, 3.05) is 5.73 Å². The van der Waals surface area contributed by atoms with Crippen molar-refractivity contribution < 1.29 is 0 Å². The summed E-state index contributed by atoms with van der Waals surface area (Å²) in [7, 11) is 0. The summed E-state index contributed by atoms with van der Waals surface area (Å²) >= 11 is 2.31. The molecule has 1 aromatic heterocycles. The average molecular weight is 369 g/mol. The number of rotatable bonds is 4. The van der Waals surface area contributed by atoms with Crippen molar-refractivity contribution in [3.05, 3.63) is 21.8 Å². The van der Waals surface area contributed by atoms with E-state index in [0.29, 0.717) is 5.95 Å². The fourth-order valence-corrected chi connectivity index (χ4v) is 3.67. The van der Waals surface area contributed by atoms with E-state index < -0.39 is 0 Å². The lowest BCUT2D eigenvalue weighted by Crippen LogP contribution is -2.05. The first-order chi connectivity index (χ1) is 9.24. The van der Waals surface area contributed by atoms with Gasteiger partial charge in [0.15, 0.2) is 0 Å². The fourth-order valence-electron chi connectivity index (χ4n) is 3.19. The molecule has 3 rings (SSSR count). The molecule has 1 saturated carbocycles. The van der Waals surface area contributed by atoms with Gasteiger partial charge in [0.25, 0.3) is 0 Å². The maximum Gasteiger partial charge on any atom is 0.201 e. The standard InChI is InChI=1S/C15H20IN3/c16-12-7-8-14-13(10-12)18-15(17)19(14)9-3-6-11-4-1-2-5-11/h7-8,10-11H,1-6,9H2,(H2,17,18). The van der Waals surface area contributed by atoms with Crippen LogP contribution in [-0.4, -0.2) is 9.55 Å². The van der Waals surface area contributed by atoms with Crippen LogP contribution in [0.2, 0.25) is 0 Å². The smallest absolute Gasteiger partial charge is 0.201 e. The molecule has 0 radical (unpaired) electrons.